The molecule has 0 saturated carbocycles. The second-order valence-corrected chi connectivity index (χ2v) is 5.41. The molecule has 0 saturated heterocycles. The lowest BCUT2D eigenvalue weighted by atomic mass is 9.99. The fourth-order valence-corrected chi connectivity index (χ4v) is 2.49. The maximum absolute atomic E-state index is 12.2. The normalized spacial score (nSPS) is 14.3. The Hall–Kier alpha value is -1.61. The molecule has 0 aliphatic rings. The molecule has 0 bridgehead atoms. The van der Waals surface area contributed by atoms with E-state index in [1.165, 1.54) is 10.9 Å². The van der Waals surface area contributed by atoms with Gasteiger partial charge in [0.25, 0.3) is 0 Å². The molecule has 3 nitrogen and oxygen atoms in total. The molecule has 1 aromatic heterocycles. The summed E-state index contributed by atoms with van der Waals surface area (Å²) in [4.78, 5) is 15.4. The fourth-order valence-electron chi connectivity index (χ4n) is 2.49. The van der Waals surface area contributed by atoms with Gasteiger partial charge in [0.15, 0.2) is 0 Å². The number of ketones is 1. The van der Waals surface area contributed by atoms with E-state index in [1.807, 2.05) is 25.3 Å². The van der Waals surface area contributed by atoms with Gasteiger partial charge < -0.3 is 10.3 Å². The predicted molar refractivity (Wildman–Crippen MR) is 84.0 cm³/mol. The molecule has 20 heavy (non-hydrogen) atoms. The number of carbonyl (C=O) groups is 1. The van der Waals surface area contributed by atoms with Crippen LogP contribution in [0.4, 0.5) is 0 Å². The second kappa shape index (κ2) is 6.71. The molecule has 2 unspecified atom stereocenters. The van der Waals surface area contributed by atoms with Crippen molar-refractivity contribution in [2.75, 3.05) is 0 Å². The minimum Gasteiger partial charge on any atom is -0.361 e. The number of H-pyrrole nitrogens is 1. The molecule has 0 spiro atoms. The summed E-state index contributed by atoms with van der Waals surface area (Å²) in [5, 5.41) is 4.67. The van der Waals surface area contributed by atoms with Gasteiger partial charge in [-0.25, -0.2) is 0 Å². The van der Waals surface area contributed by atoms with Gasteiger partial charge in [-0.05, 0) is 31.4 Å². The van der Waals surface area contributed by atoms with Crippen LogP contribution in [0, 0.1) is 0 Å². The summed E-state index contributed by atoms with van der Waals surface area (Å²) in [6.07, 6.45) is 4.39. The Bertz CT molecular complexity index is 573. The van der Waals surface area contributed by atoms with Gasteiger partial charge in [-0.15, -0.1) is 0 Å². The van der Waals surface area contributed by atoms with Crippen molar-refractivity contribution >= 4 is 16.7 Å². The average molecular weight is 272 g/mol. The average Bonchev–Trinajstić information content (AvgIpc) is 2.89. The van der Waals surface area contributed by atoms with Gasteiger partial charge in [0, 0.05) is 29.6 Å². The lowest BCUT2D eigenvalue weighted by Gasteiger charge is -2.21. The molecule has 108 valence electrons. The Morgan fingerprint density at radius 1 is 1.30 bits per heavy atom. The van der Waals surface area contributed by atoms with Gasteiger partial charge in [0.05, 0.1) is 6.04 Å². The standard InChI is InChI=1S/C17H24N2O/c1-4-12(3)19-16(17(20)5-2)10-13-11-18-15-9-7-6-8-14(13)15/h6-9,11-12,16,18-19H,4-5,10H2,1-3H3. The summed E-state index contributed by atoms with van der Waals surface area (Å²) < 4.78 is 0. The molecule has 0 aliphatic carbocycles. The van der Waals surface area contributed by atoms with E-state index in [9.17, 15) is 4.79 Å². The van der Waals surface area contributed by atoms with Crippen LogP contribution in [0.25, 0.3) is 10.9 Å². The topological polar surface area (TPSA) is 44.9 Å². The van der Waals surface area contributed by atoms with Crippen LogP contribution in [0.5, 0.6) is 0 Å². The van der Waals surface area contributed by atoms with E-state index in [4.69, 9.17) is 0 Å². The number of aromatic nitrogens is 1. The van der Waals surface area contributed by atoms with Crippen LogP contribution in [0.2, 0.25) is 0 Å². The Morgan fingerprint density at radius 3 is 2.75 bits per heavy atom. The Kier molecular flexibility index (Phi) is 4.96. The highest BCUT2D eigenvalue weighted by Crippen LogP contribution is 2.19. The third kappa shape index (κ3) is 3.28. The molecule has 2 N–H and O–H groups in total. The lowest BCUT2D eigenvalue weighted by Crippen LogP contribution is -2.43. The van der Waals surface area contributed by atoms with Crippen molar-refractivity contribution in [2.45, 2.75) is 52.1 Å². The third-order valence-electron chi connectivity index (χ3n) is 3.93. The summed E-state index contributed by atoms with van der Waals surface area (Å²) in [6, 6.07) is 8.51. The molecule has 1 aromatic carbocycles. The number of hydrogen-bond acceptors (Lipinski definition) is 2. The third-order valence-corrected chi connectivity index (χ3v) is 3.93. The van der Waals surface area contributed by atoms with E-state index < -0.39 is 0 Å². The van der Waals surface area contributed by atoms with E-state index >= 15 is 0 Å². The van der Waals surface area contributed by atoms with Crippen LogP contribution in [-0.4, -0.2) is 22.9 Å². The number of carbonyl (C=O) groups excluding carboxylic acids is 1. The maximum atomic E-state index is 12.2. The number of fused-ring (bicyclic) bond motifs is 1. The van der Waals surface area contributed by atoms with Crippen molar-refractivity contribution in [3.05, 3.63) is 36.0 Å². The summed E-state index contributed by atoms with van der Waals surface area (Å²) in [5.74, 6) is 0.288. The molecule has 0 aliphatic heterocycles. The van der Waals surface area contributed by atoms with E-state index in [-0.39, 0.29) is 11.8 Å². The summed E-state index contributed by atoms with van der Waals surface area (Å²) in [6.45, 7) is 6.20. The molecular formula is C17H24N2O. The highest BCUT2D eigenvalue weighted by atomic mass is 16.1. The Balaban J connectivity index is 2.20. The first-order valence-corrected chi connectivity index (χ1v) is 7.49. The lowest BCUT2D eigenvalue weighted by molar-refractivity contribution is -0.120. The van der Waals surface area contributed by atoms with Gasteiger partial charge in [0.1, 0.15) is 5.78 Å². The molecular weight excluding hydrogens is 248 g/mol. The van der Waals surface area contributed by atoms with E-state index in [0.29, 0.717) is 12.5 Å². The second-order valence-electron chi connectivity index (χ2n) is 5.41. The zero-order chi connectivity index (χ0) is 14.5. The summed E-state index contributed by atoms with van der Waals surface area (Å²) in [7, 11) is 0. The number of aromatic amines is 1. The van der Waals surface area contributed by atoms with Crippen LogP contribution >= 0.6 is 0 Å². The van der Waals surface area contributed by atoms with E-state index in [0.717, 1.165) is 18.4 Å². The number of Topliss-reactive ketones (excluding diaryl/α,β-unsaturated/α-hetero) is 1. The molecule has 0 amide bonds. The Morgan fingerprint density at radius 2 is 2.05 bits per heavy atom. The van der Waals surface area contributed by atoms with Crippen LogP contribution in [0.1, 0.15) is 39.2 Å². The van der Waals surface area contributed by atoms with Gasteiger partial charge in [-0.3, -0.25) is 4.79 Å². The van der Waals surface area contributed by atoms with Crippen molar-refractivity contribution in [2.24, 2.45) is 0 Å². The molecule has 0 fully saturated rings. The zero-order valence-corrected chi connectivity index (χ0v) is 12.6. The number of nitrogens with one attached hydrogen (secondary N) is 2. The van der Waals surface area contributed by atoms with Crippen LogP contribution < -0.4 is 5.32 Å². The number of benzene rings is 1. The van der Waals surface area contributed by atoms with Gasteiger partial charge in [0.2, 0.25) is 0 Å². The molecule has 2 atom stereocenters. The SMILES string of the molecule is CCC(=O)C(Cc1c[nH]c2ccccc12)NC(C)CC. The molecule has 0 radical (unpaired) electrons. The van der Waals surface area contributed by atoms with Gasteiger partial charge in [-0.2, -0.15) is 0 Å². The van der Waals surface area contributed by atoms with Crippen LogP contribution in [-0.2, 0) is 11.2 Å². The highest BCUT2D eigenvalue weighted by molar-refractivity contribution is 5.87. The van der Waals surface area contributed by atoms with Gasteiger partial charge in [-0.1, -0.05) is 32.0 Å². The van der Waals surface area contributed by atoms with Crippen molar-refractivity contribution in [3.8, 4) is 0 Å². The first-order valence-electron chi connectivity index (χ1n) is 7.49. The first kappa shape index (κ1) is 14.8. The molecule has 1 heterocycles. The van der Waals surface area contributed by atoms with Gasteiger partial charge >= 0.3 is 0 Å². The molecule has 3 heteroatoms. The van der Waals surface area contributed by atoms with Crippen molar-refractivity contribution in [1.29, 1.82) is 0 Å². The van der Waals surface area contributed by atoms with E-state index in [1.54, 1.807) is 0 Å². The zero-order valence-electron chi connectivity index (χ0n) is 12.6. The smallest absolute Gasteiger partial charge is 0.149 e. The minimum atomic E-state index is -0.0887. The van der Waals surface area contributed by atoms with Crippen molar-refractivity contribution < 1.29 is 4.79 Å². The van der Waals surface area contributed by atoms with Crippen LogP contribution in [0.15, 0.2) is 30.5 Å². The monoisotopic (exact) mass is 272 g/mol. The number of hydrogen-bond donors (Lipinski definition) is 2. The fraction of sp³-hybridized carbons (Fsp3) is 0.471. The van der Waals surface area contributed by atoms with Crippen molar-refractivity contribution in [3.63, 3.8) is 0 Å². The minimum absolute atomic E-state index is 0.0887. The quantitative estimate of drug-likeness (QED) is 0.811. The van der Waals surface area contributed by atoms with Crippen molar-refractivity contribution in [1.82, 2.24) is 10.3 Å². The largest absolute Gasteiger partial charge is 0.361 e. The Labute approximate surface area is 120 Å². The van der Waals surface area contributed by atoms with Crippen LogP contribution in [0.3, 0.4) is 0 Å². The maximum Gasteiger partial charge on any atom is 0.149 e. The predicted octanol–water partition coefficient (Wildman–Crippen LogP) is 3.45. The summed E-state index contributed by atoms with van der Waals surface area (Å²) >= 11 is 0. The van der Waals surface area contributed by atoms with E-state index in [2.05, 4.69) is 36.3 Å². The first-order chi connectivity index (χ1) is 9.65. The number of para-hydroxylation sites is 1. The summed E-state index contributed by atoms with van der Waals surface area (Å²) in [5.41, 5.74) is 2.34. The highest BCUT2D eigenvalue weighted by Gasteiger charge is 2.20. The number of rotatable bonds is 7. The molecule has 2 aromatic rings. The molecule has 2 rings (SSSR count).